The zero-order valence-corrected chi connectivity index (χ0v) is 9.35. The molecule has 1 aromatic rings. The number of benzene rings is 1. The van der Waals surface area contributed by atoms with Crippen LogP contribution in [0.1, 0.15) is 18.1 Å². The van der Waals surface area contributed by atoms with Gasteiger partial charge in [0.25, 0.3) is 0 Å². The Morgan fingerprint density at radius 2 is 2.20 bits per heavy atom. The van der Waals surface area contributed by atoms with E-state index in [0.29, 0.717) is 0 Å². The first-order chi connectivity index (χ1) is 4.33. The zero-order chi connectivity index (χ0) is 6.69. The van der Waals surface area contributed by atoms with E-state index >= 15 is 0 Å². The first-order valence-corrected chi connectivity index (χ1v) is 3.30. The van der Waals surface area contributed by atoms with E-state index in [1.54, 1.807) is 0 Å². The summed E-state index contributed by atoms with van der Waals surface area (Å²) in [5.74, 6) is 0. The molecule has 0 aromatic heterocycles. The van der Waals surface area contributed by atoms with Crippen LogP contribution in [0.3, 0.4) is 0 Å². The van der Waals surface area contributed by atoms with Crippen LogP contribution >= 0.6 is 0 Å². The predicted octanol–water partition coefficient (Wildman–Crippen LogP) is 2.36. The summed E-state index contributed by atoms with van der Waals surface area (Å²) in [6, 6.07) is 9.37. The number of hydrogen-bond acceptors (Lipinski definition) is 0. The average molecular weight is 208 g/mol. The normalized spacial score (nSPS) is 8.60. The van der Waals surface area contributed by atoms with Gasteiger partial charge in [-0.1, -0.05) is 20.3 Å². The topological polar surface area (TPSA) is 0 Å². The van der Waals surface area contributed by atoms with Crippen LogP contribution in [-0.2, 0) is 39.1 Å². The first-order valence-electron chi connectivity index (χ1n) is 3.30. The SMILES string of the molecule is CCc1[c-]ccc(C)c1.[Y]. The Morgan fingerprint density at radius 3 is 2.60 bits per heavy atom. The molecular weight excluding hydrogens is 197 g/mol. The fraction of sp³-hybridized carbons (Fsp3) is 0.333. The van der Waals surface area contributed by atoms with Crippen LogP contribution in [0.15, 0.2) is 18.2 Å². The summed E-state index contributed by atoms with van der Waals surface area (Å²) in [6.45, 7) is 4.25. The molecule has 1 rings (SSSR count). The maximum atomic E-state index is 3.16. The Labute approximate surface area is 87.9 Å². The molecule has 1 heteroatoms. The van der Waals surface area contributed by atoms with Crippen LogP contribution in [0.25, 0.3) is 0 Å². The van der Waals surface area contributed by atoms with Crippen molar-refractivity contribution in [2.75, 3.05) is 0 Å². The van der Waals surface area contributed by atoms with E-state index in [0.717, 1.165) is 6.42 Å². The minimum Gasteiger partial charge on any atom is -0.180 e. The second-order valence-corrected chi connectivity index (χ2v) is 2.24. The summed E-state index contributed by atoms with van der Waals surface area (Å²) in [5, 5.41) is 0. The van der Waals surface area contributed by atoms with E-state index in [4.69, 9.17) is 0 Å². The van der Waals surface area contributed by atoms with Gasteiger partial charge < -0.3 is 0 Å². The molecule has 1 radical (unpaired) electrons. The Morgan fingerprint density at radius 1 is 1.50 bits per heavy atom. The van der Waals surface area contributed by atoms with Crippen molar-refractivity contribution in [2.45, 2.75) is 20.3 Å². The van der Waals surface area contributed by atoms with Crippen molar-refractivity contribution in [2.24, 2.45) is 0 Å². The second-order valence-electron chi connectivity index (χ2n) is 2.24. The van der Waals surface area contributed by atoms with E-state index in [1.165, 1.54) is 11.1 Å². The van der Waals surface area contributed by atoms with Gasteiger partial charge in [0.05, 0.1) is 0 Å². The molecule has 0 spiro atoms. The van der Waals surface area contributed by atoms with Crippen LogP contribution in [0.5, 0.6) is 0 Å². The Hall–Kier alpha value is 0.324. The van der Waals surface area contributed by atoms with Crippen LogP contribution < -0.4 is 0 Å². The van der Waals surface area contributed by atoms with Gasteiger partial charge in [0, 0.05) is 32.7 Å². The van der Waals surface area contributed by atoms with Gasteiger partial charge >= 0.3 is 0 Å². The third-order valence-corrected chi connectivity index (χ3v) is 1.40. The zero-order valence-electron chi connectivity index (χ0n) is 6.52. The molecule has 0 nitrogen and oxygen atoms in total. The second kappa shape index (κ2) is 5.04. The van der Waals surface area contributed by atoms with Crippen LogP contribution in [0.4, 0.5) is 0 Å². The molecule has 0 saturated heterocycles. The maximum absolute atomic E-state index is 3.16. The van der Waals surface area contributed by atoms with Gasteiger partial charge in [0.15, 0.2) is 0 Å². The molecule has 0 amide bonds. The van der Waals surface area contributed by atoms with Crippen molar-refractivity contribution in [3.63, 3.8) is 0 Å². The van der Waals surface area contributed by atoms with Gasteiger partial charge in [-0.2, -0.15) is 35.4 Å². The molecule has 0 aliphatic heterocycles. The average Bonchev–Trinajstić information content (AvgIpc) is 1.88. The quantitative estimate of drug-likeness (QED) is 0.621. The number of rotatable bonds is 1. The third-order valence-electron chi connectivity index (χ3n) is 1.40. The number of hydrogen-bond donors (Lipinski definition) is 0. The van der Waals surface area contributed by atoms with E-state index in [2.05, 4.69) is 32.0 Å². The van der Waals surface area contributed by atoms with Gasteiger partial charge in [-0.15, -0.1) is 0 Å². The summed E-state index contributed by atoms with van der Waals surface area (Å²) in [6.07, 6.45) is 1.08. The fourth-order valence-corrected chi connectivity index (χ4v) is 0.849. The minimum atomic E-state index is 0. The molecule has 0 atom stereocenters. The molecule has 10 heavy (non-hydrogen) atoms. The van der Waals surface area contributed by atoms with Gasteiger partial charge in [0.1, 0.15) is 0 Å². The minimum absolute atomic E-state index is 0. The van der Waals surface area contributed by atoms with Gasteiger partial charge in [-0.3, -0.25) is 0 Å². The summed E-state index contributed by atoms with van der Waals surface area (Å²) < 4.78 is 0. The molecule has 0 unspecified atom stereocenters. The van der Waals surface area contributed by atoms with Crippen LogP contribution in [0.2, 0.25) is 0 Å². The van der Waals surface area contributed by atoms with Crippen LogP contribution in [-0.4, -0.2) is 0 Å². The summed E-state index contributed by atoms with van der Waals surface area (Å²) >= 11 is 0. The smallest absolute Gasteiger partial charge is 0 e. The molecule has 51 valence electrons. The van der Waals surface area contributed by atoms with Crippen molar-refractivity contribution in [3.05, 3.63) is 35.4 Å². The molecule has 0 bridgehead atoms. The standard InChI is InChI=1S/C9H11.Y/c1-3-9-6-4-5-8(2)7-9;/h4-5,7H,3H2,1-2H3;/q-1;. The predicted molar refractivity (Wildman–Crippen MR) is 39.4 cm³/mol. The van der Waals surface area contributed by atoms with Crippen molar-refractivity contribution in [1.29, 1.82) is 0 Å². The Bertz CT molecular complexity index is 194. The molecule has 0 aliphatic rings. The van der Waals surface area contributed by atoms with Crippen molar-refractivity contribution >= 4 is 0 Å². The molecule has 1 aromatic carbocycles. The maximum Gasteiger partial charge on any atom is 0 e. The van der Waals surface area contributed by atoms with Crippen molar-refractivity contribution in [3.8, 4) is 0 Å². The summed E-state index contributed by atoms with van der Waals surface area (Å²) in [4.78, 5) is 0. The molecule has 0 fully saturated rings. The monoisotopic (exact) mass is 208 g/mol. The Kier molecular flexibility index (Phi) is 5.20. The summed E-state index contributed by atoms with van der Waals surface area (Å²) in [7, 11) is 0. The molecule has 0 saturated carbocycles. The van der Waals surface area contributed by atoms with E-state index < -0.39 is 0 Å². The molecule has 0 N–H and O–H groups in total. The largest absolute Gasteiger partial charge is 0.180 e. The van der Waals surface area contributed by atoms with Gasteiger partial charge in [-0.05, 0) is 0 Å². The number of aryl methyl sites for hydroxylation is 2. The molecular formula is C9H11Y-. The van der Waals surface area contributed by atoms with Gasteiger partial charge in [-0.25, -0.2) is 0 Å². The Balaban J connectivity index is 0.000000810. The fourth-order valence-electron chi connectivity index (χ4n) is 0.849. The van der Waals surface area contributed by atoms with Crippen LogP contribution in [0, 0.1) is 13.0 Å². The van der Waals surface area contributed by atoms with E-state index in [-0.39, 0.29) is 32.7 Å². The van der Waals surface area contributed by atoms with E-state index in [9.17, 15) is 0 Å². The van der Waals surface area contributed by atoms with Gasteiger partial charge in [0.2, 0.25) is 0 Å². The van der Waals surface area contributed by atoms with Crippen molar-refractivity contribution in [1.82, 2.24) is 0 Å². The third kappa shape index (κ3) is 2.94. The molecule has 0 heterocycles. The summed E-state index contributed by atoms with van der Waals surface area (Å²) in [5.41, 5.74) is 2.63. The van der Waals surface area contributed by atoms with E-state index in [1.807, 2.05) is 6.07 Å². The molecule has 0 aliphatic carbocycles. The van der Waals surface area contributed by atoms with Crippen molar-refractivity contribution < 1.29 is 32.7 Å². The first kappa shape index (κ1) is 10.3.